The van der Waals surface area contributed by atoms with Crippen molar-refractivity contribution in [3.05, 3.63) is 86.5 Å². The van der Waals surface area contributed by atoms with Crippen molar-refractivity contribution in [2.24, 2.45) is 0 Å². The molecule has 0 bridgehead atoms. The molecule has 4 rings (SSSR count). The van der Waals surface area contributed by atoms with E-state index in [1.807, 2.05) is 14.1 Å². The number of aliphatic hydroxyl groups excluding tert-OH is 1. The number of quaternary nitrogens is 1. The summed E-state index contributed by atoms with van der Waals surface area (Å²) in [6.07, 6.45) is -4.63. The number of carbonyl (C=O) groups excluding carboxylic acids is 2. The van der Waals surface area contributed by atoms with E-state index < -0.39 is 35.9 Å². The number of rotatable bonds is 7. The fourth-order valence-corrected chi connectivity index (χ4v) is 4.97. The first-order chi connectivity index (χ1) is 20.2. The molecule has 0 unspecified atom stereocenters. The van der Waals surface area contributed by atoms with E-state index in [-0.39, 0.29) is 29.5 Å². The lowest BCUT2D eigenvalue weighted by atomic mass is 9.89. The number of hydrogen-bond acceptors (Lipinski definition) is 9. The third kappa shape index (κ3) is 6.76. The molecule has 15 heteroatoms. The highest BCUT2D eigenvalue weighted by atomic mass is 19.4. The van der Waals surface area contributed by atoms with E-state index in [1.54, 1.807) is 18.2 Å². The normalized spacial score (nSPS) is 14.8. The summed E-state index contributed by atoms with van der Waals surface area (Å²) in [5, 5.41) is 33.8. The van der Waals surface area contributed by atoms with E-state index in [9.17, 15) is 33.1 Å². The summed E-state index contributed by atoms with van der Waals surface area (Å²) < 4.78 is 47.3. The van der Waals surface area contributed by atoms with Crippen LogP contribution in [-0.4, -0.2) is 71.2 Å². The maximum atomic E-state index is 13.5. The number of methoxy groups -OCH3 is 1. The van der Waals surface area contributed by atoms with E-state index in [4.69, 9.17) is 14.6 Å². The number of nitriles is 1. The number of fused-ring (bicyclic) bond motifs is 1. The van der Waals surface area contributed by atoms with E-state index in [0.29, 0.717) is 34.3 Å². The molecular formula is C28H29F3N6O6. The van der Waals surface area contributed by atoms with Gasteiger partial charge in [0.05, 0.1) is 50.6 Å². The lowest BCUT2D eigenvalue weighted by Gasteiger charge is -2.37. The molecular weight excluding hydrogens is 573 g/mol. The van der Waals surface area contributed by atoms with Crippen molar-refractivity contribution in [1.82, 2.24) is 14.8 Å². The zero-order valence-electron chi connectivity index (χ0n) is 23.7. The van der Waals surface area contributed by atoms with Gasteiger partial charge in [-0.2, -0.15) is 18.4 Å². The number of nitrogens with one attached hydrogen (secondary N) is 1. The Morgan fingerprint density at radius 2 is 1.95 bits per heavy atom. The van der Waals surface area contributed by atoms with Crippen LogP contribution >= 0.6 is 0 Å². The molecule has 228 valence electrons. The van der Waals surface area contributed by atoms with Crippen LogP contribution in [-0.2, 0) is 27.0 Å². The largest absolute Gasteiger partial charge is 0.554 e. The van der Waals surface area contributed by atoms with Gasteiger partial charge in [0.25, 0.3) is 0 Å². The zero-order valence-corrected chi connectivity index (χ0v) is 23.7. The van der Waals surface area contributed by atoms with Gasteiger partial charge in [0.1, 0.15) is 19.1 Å². The third-order valence-electron chi connectivity index (χ3n) is 6.85. The maximum absolute atomic E-state index is 13.5. The first-order valence-corrected chi connectivity index (χ1v) is 12.7. The van der Waals surface area contributed by atoms with Gasteiger partial charge in [-0.25, -0.2) is 19.3 Å². The number of halogens is 3. The minimum atomic E-state index is -4.63. The van der Waals surface area contributed by atoms with E-state index in [1.165, 1.54) is 35.6 Å². The molecule has 2 N–H and O–H groups in total. The van der Waals surface area contributed by atoms with E-state index in [2.05, 4.69) is 16.3 Å². The lowest BCUT2D eigenvalue weighted by molar-refractivity contribution is -0.903. The summed E-state index contributed by atoms with van der Waals surface area (Å²) in [6, 6.07) is 10.3. The average Bonchev–Trinajstić information content (AvgIpc) is 3.32. The Kier molecular flexibility index (Phi) is 9.79. The van der Waals surface area contributed by atoms with Crippen molar-refractivity contribution in [1.29, 1.82) is 5.26 Å². The van der Waals surface area contributed by atoms with Gasteiger partial charge in [-0.15, -0.1) is 5.10 Å². The summed E-state index contributed by atoms with van der Waals surface area (Å²) in [7, 11) is 4.93. The fraction of sp³-hybridized carbons (Fsp3) is 0.321. The van der Waals surface area contributed by atoms with E-state index in [0.717, 1.165) is 12.1 Å². The molecule has 0 saturated carbocycles. The number of alkyl halides is 3. The number of nitrogens with zero attached hydrogens (tertiary/aromatic N) is 5. The van der Waals surface area contributed by atoms with Crippen LogP contribution in [0.25, 0.3) is 0 Å². The Balaban J connectivity index is 0.00000162. The van der Waals surface area contributed by atoms with Gasteiger partial charge in [0, 0.05) is 23.4 Å². The average molecular weight is 603 g/mol. The van der Waals surface area contributed by atoms with Gasteiger partial charge < -0.3 is 24.2 Å². The van der Waals surface area contributed by atoms with E-state index >= 15 is 0 Å². The van der Waals surface area contributed by atoms with Crippen LogP contribution in [0.5, 0.6) is 0 Å². The molecule has 1 atom stereocenters. The molecule has 1 aliphatic heterocycles. The summed E-state index contributed by atoms with van der Waals surface area (Å²) in [5.41, 5.74) is 0.112. The second-order valence-electron chi connectivity index (χ2n) is 10.1. The molecule has 0 radical (unpaired) electrons. The summed E-state index contributed by atoms with van der Waals surface area (Å²) >= 11 is 0. The maximum Gasteiger partial charge on any atom is 0.416 e. The number of likely N-dealkylation sites (N-methyl/N-ethyl adjacent to an activating group) is 1. The van der Waals surface area contributed by atoms with Crippen LogP contribution in [0.15, 0.2) is 58.5 Å². The molecule has 2 heterocycles. The predicted octanol–water partition coefficient (Wildman–Crippen LogP) is 1.58. The molecule has 43 heavy (non-hydrogen) atoms. The van der Waals surface area contributed by atoms with Crippen molar-refractivity contribution in [3.63, 3.8) is 0 Å². The highest BCUT2D eigenvalue weighted by Crippen LogP contribution is 2.43. The smallest absolute Gasteiger partial charge is 0.416 e. The van der Waals surface area contributed by atoms with Crippen molar-refractivity contribution in [2.45, 2.75) is 25.7 Å². The van der Waals surface area contributed by atoms with Gasteiger partial charge in [0.15, 0.2) is 0 Å². The number of carbonyl (C=O) groups is 2. The van der Waals surface area contributed by atoms with Crippen molar-refractivity contribution < 1.29 is 42.2 Å². The number of allylic oxidation sites excluding steroid dienone is 1. The molecule has 0 aliphatic carbocycles. The number of aliphatic hydroxyl groups is 1. The van der Waals surface area contributed by atoms with Crippen LogP contribution in [0.1, 0.15) is 35.2 Å². The van der Waals surface area contributed by atoms with Crippen LogP contribution in [0.4, 0.5) is 24.8 Å². The molecule has 2 aromatic carbocycles. The van der Waals surface area contributed by atoms with Crippen molar-refractivity contribution in [2.75, 3.05) is 39.3 Å². The number of hydrogen-bond donors (Lipinski definition) is 2. The van der Waals surface area contributed by atoms with Crippen LogP contribution in [0, 0.1) is 11.3 Å². The minimum Gasteiger partial charge on any atom is -0.554 e. The zero-order chi connectivity index (χ0) is 32.1. The SMILES string of the molecule is COC(=O)C1=C(C)N(c2cccc(C(F)(F)F)c2)c2n[nH]c(=O)n2[C@@H]1c1ccc(C#N)cc1C[N+](C)(C)CCO.O=C[O-]. The molecule has 1 aromatic heterocycles. The van der Waals surface area contributed by atoms with Crippen molar-refractivity contribution >= 4 is 24.1 Å². The highest BCUT2D eigenvalue weighted by molar-refractivity contribution is 5.93. The Labute approximate surface area is 244 Å². The Morgan fingerprint density at radius 3 is 2.53 bits per heavy atom. The fourth-order valence-electron chi connectivity index (χ4n) is 4.97. The van der Waals surface area contributed by atoms with Crippen LogP contribution < -0.4 is 15.7 Å². The molecule has 1 aliphatic rings. The number of benzene rings is 2. The van der Waals surface area contributed by atoms with Gasteiger partial charge in [0.2, 0.25) is 5.95 Å². The first kappa shape index (κ1) is 32.6. The number of esters is 1. The number of ether oxygens (including phenoxy) is 1. The second kappa shape index (κ2) is 12.9. The number of H-pyrrole nitrogens is 1. The van der Waals surface area contributed by atoms with Gasteiger partial charge >= 0.3 is 17.8 Å². The van der Waals surface area contributed by atoms with Crippen LogP contribution in [0.2, 0.25) is 0 Å². The number of aromatic nitrogens is 3. The third-order valence-corrected chi connectivity index (χ3v) is 6.85. The summed E-state index contributed by atoms with van der Waals surface area (Å²) in [6.45, 7) is 1.67. The molecule has 12 nitrogen and oxygen atoms in total. The highest BCUT2D eigenvalue weighted by Gasteiger charge is 2.41. The quantitative estimate of drug-likeness (QED) is 0.232. The monoisotopic (exact) mass is 602 g/mol. The van der Waals surface area contributed by atoms with Gasteiger partial charge in [-0.3, -0.25) is 4.90 Å². The minimum absolute atomic E-state index is 0.00864. The van der Waals surface area contributed by atoms with Crippen molar-refractivity contribution in [3.8, 4) is 6.07 Å². The summed E-state index contributed by atoms with van der Waals surface area (Å²) in [4.78, 5) is 36.1. The lowest BCUT2D eigenvalue weighted by Crippen LogP contribution is -2.42. The molecule has 0 saturated heterocycles. The number of anilines is 2. The predicted molar refractivity (Wildman–Crippen MR) is 144 cm³/mol. The standard InChI is InChI=1S/C27H27F3N6O4.CH2O2/c1-16-22(24(38)40-4)23(21-9-8-17(14-31)12-18(21)15-36(2,3)10-11-37)35-25(32-33-26(35)39)34(16)20-7-5-6-19(13-20)27(28,29)30;2-1-3/h5-9,12-13,23,37H,10-11,15H2,1-4H3;1H,(H,2,3)/t23-;/m1./s1. The Hall–Kier alpha value is -4.94. The molecule has 0 amide bonds. The van der Waals surface area contributed by atoms with Gasteiger partial charge in [-0.1, -0.05) is 12.1 Å². The van der Waals surface area contributed by atoms with Gasteiger partial charge in [-0.05, 0) is 42.8 Å². The summed E-state index contributed by atoms with van der Waals surface area (Å²) in [5.74, 6) is -0.823. The Bertz CT molecular complexity index is 1640. The van der Waals surface area contributed by atoms with Crippen LogP contribution in [0.3, 0.4) is 0 Å². The second-order valence-corrected chi connectivity index (χ2v) is 10.1. The Morgan fingerprint density at radius 1 is 1.28 bits per heavy atom. The number of aromatic amines is 1. The molecule has 0 fully saturated rings. The first-order valence-electron chi connectivity index (χ1n) is 12.7. The topological polar surface area (TPSA) is 164 Å². The number of carboxylic acid groups (broad SMARTS) is 1. The molecule has 0 spiro atoms. The molecule has 3 aromatic rings.